The molecule has 1 fully saturated rings. The monoisotopic (exact) mass is 316 g/mol. The topological polar surface area (TPSA) is 57.3 Å². The lowest BCUT2D eigenvalue weighted by atomic mass is 10.2. The van der Waals surface area contributed by atoms with Crippen molar-refractivity contribution in [2.45, 2.75) is 19.4 Å². The van der Waals surface area contributed by atoms with Crippen LogP contribution in [0, 0.1) is 0 Å². The second-order valence-corrected chi connectivity index (χ2v) is 5.59. The van der Waals surface area contributed by atoms with Crippen LogP contribution in [0.15, 0.2) is 12.3 Å². The third kappa shape index (κ3) is 4.06. The highest BCUT2D eigenvalue weighted by Crippen LogP contribution is 2.22. The minimum atomic E-state index is -0.115. The highest BCUT2D eigenvalue weighted by Gasteiger charge is 2.23. The fourth-order valence-electron chi connectivity index (χ4n) is 2.31. The summed E-state index contributed by atoms with van der Waals surface area (Å²) in [6.45, 7) is 5.17. The van der Waals surface area contributed by atoms with Gasteiger partial charge in [0.25, 0.3) is 0 Å². The number of nitrogens with zero attached hydrogens (tertiary/aromatic N) is 2. The Morgan fingerprint density at radius 3 is 3.00 bits per heavy atom. The molecule has 1 aromatic rings. The van der Waals surface area contributed by atoms with Gasteiger partial charge in [-0.2, -0.15) is 0 Å². The maximum atomic E-state index is 12.1. The molecule has 1 aliphatic rings. The number of rotatable bonds is 5. The minimum absolute atomic E-state index is 0.115. The van der Waals surface area contributed by atoms with Crippen molar-refractivity contribution < 1.29 is 4.79 Å². The summed E-state index contributed by atoms with van der Waals surface area (Å²) in [6.07, 6.45) is 2.53. The Morgan fingerprint density at radius 2 is 2.40 bits per heavy atom. The Hall–Kier alpha value is -0.880. The van der Waals surface area contributed by atoms with Crippen molar-refractivity contribution in [2.24, 2.45) is 0 Å². The lowest BCUT2D eigenvalue weighted by Crippen LogP contribution is -2.41. The molecule has 1 saturated heterocycles. The third-order valence-corrected chi connectivity index (χ3v) is 3.86. The van der Waals surface area contributed by atoms with Gasteiger partial charge in [0, 0.05) is 18.8 Å². The van der Waals surface area contributed by atoms with Crippen molar-refractivity contribution >= 4 is 34.9 Å². The normalized spacial score (nSPS) is 18.5. The Labute approximate surface area is 128 Å². The fraction of sp³-hybridized carbons (Fsp3) is 0.538. The zero-order chi connectivity index (χ0) is 14.5. The van der Waals surface area contributed by atoms with Crippen molar-refractivity contribution in [3.8, 4) is 0 Å². The Bertz CT molecular complexity index is 477. The van der Waals surface area contributed by atoms with Crippen LogP contribution in [0.3, 0.4) is 0 Å². The van der Waals surface area contributed by atoms with Gasteiger partial charge in [0.1, 0.15) is 0 Å². The number of hydrogen-bond acceptors (Lipinski definition) is 4. The van der Waals surface area contributed by atoms with Gasteiger partial charge in [-0.3, -0.25) is 9.69 Å². The van der Waals surface area contributed by atoms with E-state index in [4.69, 9.17) is 23.2 Å². The second kappa shape index (κ2) is 7.22. The largest absolute Gasteiger partial charge is 0.315 e. The molecule has 0 spiro atoms. The first-order valence-electron chi connectivity index (χ1n) is 6.65. The maximum absolute atomic E-state index is 12.1. The summed E-state index contributed by atoms with van der Waals surface area (Å²) in [6, 6.07) is 1.98. The van der Waals surface area contributed by atoms with Gasteiger partial charge in [0.15, 0.2) is 5.82 Å². The SMILES string of the molecule is CCN(CC(=O)Nc1ncc(Cl)cc1Cl)C1CCNC1. The van der Waals surface area contributed by atoms with Crippen LogP contribution in [-0.4, -0.2) is 48.0 Å². The number of likely N-dealkylation sites (N-methyl/N-ethyl adjacent to an activating group) is 1. The number of carbonyl (C=O) groups excluding carboxylic acids is 1. The van der Waals surface area contributed by atoms with Crippen LogP contribution in [0.25, 0.3) is 0 Å². The van der Waals surface area contributed by atoms with Gasteiger partial charge in [-0.05, 0) is 25.6 Å². The van der Waals surface area contributed by atoms with Gasteiger partial charge >= 0.3 is 0 Å². The molecule has 1 aliphatic heterocycles. The molecule has 0 aromatic carbocycles. The molecule has 0 saturated carbocycles. The summed E-state index contributed by atoms with van der Waals surface area (Å²) in [5.74, 6) is 0.233. The van der Waals surface area contributed by atoms with Crippen molar-refractivity contribution in [3.05, 3.63) is 22.3 Å². The van der Waals surface area contributed by atoms with Crippen LogP contribution in [0.4, 0.5) is 5.82 Å². The van der Waals surface area contributed by atoms with Crippen molar-refractivity contribution in [1.29, 1.82) is 0 Å². The first kappa shape index (κ1) is 15.5. The number of aromatic nitrogens is 1. The van der Waals surface area contributed by atoms with E-state index in [0.29, 0.717) is 28.4 Å². The molecule has 2 heterocycles. The summed E-state index contributed by atoms with van der Waals surface area (Å²) in [5, 5.41) is 6.82. The van der Waals surface area contributed by atoms with Crippen LogP contribution < -0.4 is 10.6 Å². The number of pyridine rings is 1. The van der Waals surface area contributed by atoms with Crippen LogP contribution >= 0.6 is 23.2 Å². The maximum Gasteiger partial charge on any atom is 0.239 e. The first-order valence-corrected chi connectivity index (χ1v) is 7.41. The van der Waals surface area contributed by atoms with E-state index in [9.17, 15) is 4.79 Å². The van der Waals surface area contributed by atoms with Crippen LogP contribution in [-0.2, 0) is 4.79 Å². The molecule has 5 nitrogen and oxygen atoms in total. The lowest BCUT2D eigenvalue weighted by molar-refractivity contribution is -0.117. The predicted octanol–water partition coefficient (Wildman–Crippen LogP) is 2.01. The van der Waals surface area contributed by atoms with Crippen LogP contribution in [0.2, 0.25) is 10.0 Å². The Morgan fingerprint density at radius 1 is 1.60 bits per heavy atom. The highest BCUT2D eigenvalue weighted by molar-refractivity contribution is 6.36. The summed E-state index contributed by atoms with van der Waals surface area (Å²) >= 11 is 11.8. The number of nitrogens with one attached hydrogen (secondary N) is 2. The number of carbonyl (C=O) groups is 1. The second-order valence-electron chi connectivity index (χ2n) is 4.74. The van der Waals surface area contributed by atoms with Gasteiger partial charge in [-0.15, -0.1) is 0 Å². The zero-order valence-electron chi connectivity index (χ0n) is 11.3. The van der Waals surface area contributed by atoms with Gasteiger partial charge in [0.05, 0.1) is 16.6 Å². The molecule has 1 aromatic heterocycles. The minimum Gasteiger partial charge on any atom is -0.315 e. The van der Waals surface area contributed by atoms with Gasteiger partial charge in [-0.25, -0.2) is 4.98 Å². The standard InChI is InChI=1S/C13H18Cl2N4O/c1-2-19(10-3-4-16-7-10)8-12(20)18-13-11(15)5-9(14)6-17-13/h5-6,10,16H,2-4,7-8H2,1H3,(H,17,18,20). The number of halogens is 2. The molecule has 1 unspecified atom stereocenters. The van der Waals surface area contributed by atoms with E-state index in [1.54, 1.807) is 6.07 Å². The van der Waals surface area contributed by atoms with E-state index in [1.165, 1.54) is 6.20 Å². The van der Waals surface area contributed by atoms with Gasteiger partial charge in [-0.1, -0.05) is 30.1 Å². The van der Waals surface area contributed by atoms with E-state index in [2.05, 4.69) is 27.4 Å². The molecule has 0 radical (unpaired) electrons. The van der Waals surface area contributed by atoms with Crippen LogP contribution in [0.5, 0.6) is 0 Å². The van der Waals surface area contributed by atoms with Gasteiger partial charge in [0.2, 0.25) is 5.91 Å². The van der Waals surface area contributed by atoms with Crippen LogP contribution in [0.1, 0.15) is 13.3 Å². The molecule has 20 heavy (non-hydrogen) atoms. The fourth-order valence-corrected chi connectivity index (χ4v) is 2.74. The molecular formula is C13H18Cl2N4O. The molecule has 0 bridgehead atoms. The van der Waals surface area contributed by atoms with E-state index in [0.717, 1.165) is 26.1 Å². The molecule has 1 amide bonds. The summed E-state index contributed by atoms with van der Waals surface area (Å²) in [4.78, 5) is 18.2. The van der Waals surface area contributed by atoms with Crippen molar-refractivity contribution in [2.75, 3.05) is 31.5 Å². The van der Waals surface area contributed by atoms with E-state index in [-0.39, 0.29) is 5.91 Å². The molecule has 1 atom stereocenters. The van der Waals surface area contributed by atoms with E-state index >= 15 is 0 Å². The third-order valence-electron chi connectivity index (χ3n) is 3.37. The Balaban J connectivity index is 1.93. The molecular weight excluding hydrogens is 299 g/mol. The summed E-state index contributed by atoms with van der Waals surface area (Å²) < 4.78 is 0. The molecule has 110 valence electrons. The van der Waals surface area contributed by atoms with Gasteiger partial charge < -0.3 is 10.6 Å². The number of amides is 1. The Kier molecular flexibility index (Phi) is 5.60. The van der Waals surface area contributed by atoms with Crippen molar-refractivity contribution in [1.82, 2.24) is 15.2 Å². The lowest BCUT2D eigenvalue weighted by Gasteiger charge is -2.26. The molecule has 2 rings (SSSR count). The van der Waals surface area contributed by atoms with Crippen molar-refractivity contribution in [3.63, 3.8) is 0 Å². The molecule has 7 heteroatoms. The van der Waals surface area contributed by atoms with E-state index in [1.807, 2.05) is 0 Å². The average Bonchev–Trinajstić information content (AvgIpc) is 2.93. The summed E-state index contributed by atoms with van der Waals surface area (Å²) in [7, 11) is 0. The zero-order valence-corrected chi connectivity index (χ0v) is 12.8. The highest BCUT2D eigenvalue weighted by atomic mass is 35.5. The predicted molar refractivity (Wildman–Crippen MR) is 81.4 cm³/mol. The summed E-state index contributed by atoms with van der Waals surface area (Å²) in [5.41, 5.74) is 0. The first-order chi connectivity index (χ1) is 9.60. The van der Waals surface area contributed by atoms with E-state index < -0.39 is 0 Å². The quantitative estimate of drug-likeness (QED) is 0.872. The number of hydrogen-bond donors (Lipinski definition) is 2. The molecule has 0 aliphatic carbocycles. The number of anilines is 1. The molecule has 2 N–H and O–H groups in total. The smallest absolute Gasteiger partial charge is 0.239 e. The average molecular weight is 317 g/mol.